The summed E-state index contributed by atoms with van der Waals surface area (Å²) in [5, 5.41) is 18.9. The highest BCUT2D eigenvalue weighted by Gasteiger charge is 2.42. The second-order valence-electron chi connectivity index (χ2n) is 5.64. The maximum absolute atomic E-state index is 11.6. The predicted molar refractivity (Wildman–Crippen MR) is 82.9 cm³/mol. The fourth-order valence-electron chi connectivity index (χ4n) is 2.01. The second-order valence-corrected chi connectivity index (χ2v) is 5.64. The van der Waals surface area contributed by atoms with E-state index in [-0.39, 0.29) is 6.61 Å². The normalized spacial score (nSPS) is 13.0. The number of hydrogen-bond acceptors (Lipinski definition) is 7. The van der Waals surface area contributed by atoms with Crippen LogP contribution < -0.4 is 0 Å². The molecule has 1 atom stereocenters. The van der Waals surface area contributed by atoms with Crippen LogP contribution in [0.15, 0.2) is 0 Å². The number of rotatable bonds is 12. The maximum Gasteiger partial charge on any atom is 0.336 e. The number of esters is 3. The summed E-state index contributed by atoms with van der Waals surface area (Å²) in [6.07, 6.45) is 4.05. The van der Waals surface area contributed by atoms with E-state index in [4.69, 9.17) is 9.84 Å². The average Bonchev–Trinajstić information content (AvgIpc) is 2.44. The number of carboxylic acids is 1. The molecule has 0 aromatic heterocycles. The third-order valence-corrected chi connectivity index (χ3v) is 3.29. The van der Waals surface area contributed by atoms with E-state index in [9.17, 15) is 24.3 Å². The quantitative estimate of drug-likeness (QED) is 0.310. The van der Waals surface area contributed by atoms with Crippen LogP contribution in [-0.2, 0) is 28.7 Å². The van der Waals surface area contributed by atoms with E-state index >= 15 is 0 Å². The van der Waals surface area contributed by atoms with Crippen molar-refractivity contribution in [3.63, 3.8) is 0 Å². The number of carbonyl (C=O) groups is 4. The van der Waals surface area contributed by atoms with Gasteiger partial charge in [-0.15, -0.1) is 0 Å². The molecule has 0 spiro atoms. The zero-order chi connectivity index (χ0) is 18.6. The molecule has 1 unspecified atom stereocenters. The lowest BCUT2D eigenvalue weighted by molar-refractivity contribution is -0.175. The topological polar surface area (TPSA) is 127 Å². The number of hydrogen-bond donors (Lipinski definition) is 2. The zero-order valence-electron chi connectivity index (χ0n) is 14.2. The van der Waals surface area contributed by atoms with E-state index in [2.05, 4.69) is 11.7 Å². The monoisotopic (exact) mass is 346 g/mol. The Labute approximate surface area is 141 Å². The van der Waals surface area contributed by atoms with Gasteiger partial charge in [0.05, 0.1) is 19.4 Å². The average molecular weight is 346 g/mol. The molecule has 24 heavy (non-hydrogen) atoms. The molecule has 0 radical (unpaired) electrons. The van der Waals surface area contributed by atoms with E-state index in [1.807, 2.05) is 0 Å². The molecule has 0 bridgehead atoms. The van der Waals surface area contributed by atoms with Crippen LogP contribution in [0.3, 0.4) is 0 Å². The lowest BCUT2D eigenvalue weighted by Gasteiger charge is -2.21. The number of carbonyl (C=O) groups excluding carboxylic acids is 3. The number of carboxylic acid groups (broad SMARTS) is 1. The fraction of sp³-hybridized carbons (Fsp3) is 0.750. The van der Waals surface area contributed by atoms with Gasteiger partial charge < -0.3 is 19.7 Å². The third-order valence-electron chi connectivity index (χ3n) is 3.29. The standard InChI is InChI=1S/C16H26O8/c1-3-4-5-6-7-8-9-23-13(18)10-16(22,15(20)21)11-14(19)24-12(2)17/h22H,3-11H2,1-2H3,(H,20,21). The summed E-state index contributed by atoms with van der Waals surface area (Å²) in [6, 6.07) is 0. The van der Waals surface area contributed by atoms with Crippen molar-refractivity contribution in [2.45, 2.75) is 70.8 Å². The van der Waals surface area contributed by atoms with Gasteiger partial charge in [0.2, 0.25) is 0 Å². The van der Waals surface area contributed by atoms with E-state index in [1.54, 1.807) is 0 Å². The molecule has 2 N–H and O–H groups in total. The van der Waals surface area contributed by atoms with Crippen LogP contribution in [0.4, 0.5) is 0 Å². The third kappa shape index (κ3) is 9.94. The summed E-state index contributed by atoms with van der Waals surface area (Å²) in [7, 11) is 0. The minimum absolute atomic E-state index is 0.124. The first-order chi connectivity index (χ1) is 11.2. The summed E-state index contributed by atoms with van der Waals surface area (Å²) in [5.41, 5.74) is -2.66. The molecule has 0 fully saturated rings. The summed E-state index contributed by atoms with van der Waals surface area (Å²) in [5.74, 6) is -4.85. The molecule has 0 rings (SSSR count). The van der Waals surface area contributed by atoms with Crippen LogP contribution in [0.25, 0.3) is 0 Å². The van der Waals surface area contributed by atoms with Crippen LogP contribution in [0.5, 0.6) is 0 Å². The number of aliphatic carboxylic acids is 1. The van der Waals surface area contributed by atoms with Gasteiger partial charge in [0.15, 0.2) is 5.60 Å². The van der Waals surface area contributed by atoms with E-state index in [0.29, 0.717) is 6.42 Å². The van der Waals surface area contributed by atoms with Crippen LogP contribution in [0, 0.1) is 0 Å². The smallest absolute Gasteiger partial charge is 0.336 e. The number of unbranched alkanes of at least 4 members (excludes halogenated alkanes) is 5. The van der Waals surface area contributed by atoms with Crippen molar-refractivity contribution < 1.29 is 38.9 Å². The molecule has 0 saturated heterocycles. The van der Waals surface area contributed by atoms with E-state index in [0.717, 1.165) is 39.0 Å². The molecule has 8 heteroatoms. The number of aliphatic hydroxyl groups is 1. The predicted octanol–water partition coefficient (Wildman–Crippen LogP) is 1.58. The molecule has 0 aromatic rings. The van der Waals surface area contributed by atoms with Crippen molar-refractivity contribution in [2.75, 3.05) is 6.61 Å². The Hall–Kier alpha value is -1.96. The lowest BCUT2D eigenvalue weighted by atomic mass is 9.96. The van der Waals surface area contributed by atoms with Crippen molar-refractivity contribution in [2.24, 2.45) is 0 Å². The van der Waals surface area contributed by atoms with Crippen molar-refractivity contribution in [1.29, 1.82) is 0 Å². The van der Waals surface area contributed by atoms with Gasteiger partial charge in [-0.3, -0.25) is 14.4 Å². The molecule has 0 saturated carbocycles. The largest absolute Gasteiger partial charge is 0.479 e. The highest BCUT2D eigenvalue weighted by atomic mass is 16.6. The van der Waals surface area contributed by atoms with Gasteiger partial charge in [-0.25, -0.2) is 4.79 Å². The lowest BCUT2D eigenvalue weighted by Crippen LogP contribution is -2.43. The minimum atomic E-state index is -2.66. The van der Waals surface area contributed by atoms with Gasteiger partial charge in [-0.1, -0.05) is 39.0 Å². The molecule has 138 valence electrons. The molecule has 0 heterocycles. The second kappa shape index (κ2) is 11.6. The molecule has 0 aliphatic heterocycles. The van der Waals surface area contributed by atoms with Crippen LogP contribution in [-0.4, -0.2) is 46.3 Å². The highest BCUT2D eigenvalue weighted by Crippen LogP contribution is 2.18. The number of ether oxygens (including phenoxy) is 2. The SMILES string of the molecule is CCCCCCCCOC(=O)CC(O)(CC(=O)OC(C)=O)C(=O)O. The van der Waals surface area contributed by atoms with Crippen LogP contribution in [0.1, 0.15) is 65.2 Å². The first-order valence-electron chi connectivity index (χ1n) is 8.04. The summed E-state index contributed by atoms with van der Waals surface area (Å²) >= 11 is 0. The molecule has 0 amide bonds. The fourth-order valence-corrected chi connectivity index (χ4v) is 2.01. The Kier molecular flexibility index (Phi) is 10.6. The Morgan fingerprint density at radius 2 is 1.46 bits per heavy atom. The van der Waals surface area contributed by atoms with Crippen molar-refractivity contribution in [3.05, 3.63) is 0 Å². The summed E-state index contributed by atoms with van der Waals surface area (Å²) < 4.78 is 9.05. The minimum Gasteiger partial charge on any atom is -0.479 e. The Morgan fingerprint density at radius 1 is 0.917 bits per heavy atom. The molecular formula is C16H26O8. The molecule has 0 aliphatic carbocycles. The first kappa shape index (κ1) is 22.0. The molecular weight excluding hydrogens is 320 g/mol. The first-order valence-corrected chi connectivity index (χ1v) is 8.04. The van der Waals surface area contributed by atoms with Crippen molar-refractivity contribution >= 4 is 23.9 Å². The van der Waals surface area contributed by atoms with E-state index in [1.165, 1.54) is 0 Å². The zero-order valence-corrected chi connectivity index (χ0v) is 14.2. The molecule has 0 aliphatic rings. The Bertz CT molecular complexity index is 445. The molecule has 8 nitrogen and oxygen atoms in total. The highest BCUT2D eigenvalue weighted by molar-refractivity contribution is 5.91. The van der Waals surface area contributed by atoms with Crippen LogP contribution in [0.2, 0.25) is 0 Å². The molecule has 0 aromatic carbocycles. The van der Waals surface area contributed by atoms with Gasteiger partial charge >= 0.3 is 23.9 Å². The van der Waals surface area contributed by atoms with E-state index < -0.39 is 42.3 Å². The van der Waals surface area contributed by atoms with Gasteiger partial charge in [0.1, 0.15) is 0 Å². The maximum atomic E-state index is 11.6. The van der Waals surface area contributed by atoms with Crippen molar-refractivity contribution in [1.82, 2.24) is 0 Å². The van der Waals surface area contributed by atoms with Gasteiger partial charge in [0.25, 0.3) is 0 Å². The van der Waals surface area contributed by atoms with Crippen molar-refractivity contribution in [3.8, 4) is 0 Å². The Balaban J connectivity index is 4.25. The van der Waals surface area contributed by atoms with Crippen LogP contribution >= 0.6 is 0 Å². The summed E-state index contributed by atoms with van der Waals surface area (Å²) in [6.45, 7) is 3.20. The van der Waals surface area contributed by atoms with Gasteiger partial charge in [-0.2, -0.15) is 0 Å². The van der Waals surface area contributed by atoms with Gasteiger partial charge in [0, 0.05) is 6.92 Å². The Morgan fingerprint density at radius 3 is 2.00 bits per heavy atom. The van der Waals surface area contributed by atoms with Gasteiger partial charge in [-0.05, 0) is 6.42 Å². The summed E-state index contributed by atoms with van der Waals surface area (Å²) in [4.78, 5) is 44.7.